The van der Waals surface area contributed by atoms with Crippen molar-refractivity contribution in [1.29, 1.82) is 0 Å². The third-order valence-corrected chi connectivity index (χ3v) is 3.35. The minimum absolute atomic E-state index is 0.366. The molecular formula is C14H22N2O2. The summed E-state index contributed by atoms with van der Waals surface area (Å²) in [4.78, 5) is 0. The molecule has 0 spiro atoms. The molecule has 1 aromatic rings. The minimum atomic E-state index is 0.366. The Morgan fingerprint density at radius 1 is 1.39 bits per heavy atom. The smallest absolute Gasteiger partial charge is 0.142 e. The molecule has 0 aliphatic carbocycles. The lowest BCUT2D eigenvalue weighted by atomic mass is 10.1. The lowest BCUT2D eigenvalue weighted by molar-refractivity contribution is 0.0806. The number of hydrogen-bond donors (Lipinski definition) is 2. The number of aryl methyl sites for hydroxylation is 2. The van der Waals surface area contributed by atoms with E-state index in [1.54, 1.807) is 7.11 Å². The lowest BCUT2D eigenvalue weighted by Crippen LogP contribution is -2.45. The molecule has 0 radical (unpaired) electrons. The first-order valence-corrected chi connectivity index (χ1v) is 6.41. The Bertz CT molecular complexity index is 401. The number of anilines is 1. The van der Waals surface area contributed by atoms with Crippen LogP contribution >= 0.6 is 0 Å². The summed E-state index contributed by atoms with van der Waals surface area (Å²) in [6, 6.07) is 4.57. The maximum absolute atomic E-state index is 5.44. The van der Waals surface area contributed by atoms with E-state index >= 15 is 0 Å². The Morgan fingerprint density at radius 3 is 2.83 bits per heavy atom. The maximum Gasteiger partial charge on any atom is 0.142 e. The number of nitrogens with one attached hydrogen (secondary N) is 2. The van der Waals surface area contributed by atoms with Crippen LogP contribution in [0.3, 0.4) is 0 Å². The van der Waals surface area contributed by atoms with Gasteiger partial charge in [-0.15, -0.1) is 0 Å². The molecule has 1 atom stereocenters. The van der Waals surface area contributed by atoms with Crippen LogP contribution < -0.4 is 15.4 Å². The van der Waals surface area contributed by atoms with Crippen LogP contribution in [0.25, 0.3) is 0 Å². The van der Waals surface area contributed by atoms with Crippen LogP contribution in [0.2, 0.25) is 0 Å². The predicted octanol–water partition coefficient (Wildman–Crippen LogP) is 1.71. The molecule has 0 saturated carbocycles. The van der Waals surface area contributed by atoms with E-state index in [2.05, 4.69) is 36.6 Å². The molecule has 1 aromatic carbocycles. The third-order valence-electron chi connectivity index (χ3n) is 3.35. The van der Waals surface area contributed by atoms with E-state index in [1.807, 2.05) is 0 Å². The van der Waals surface area contributed by atoms with Crippen LogP contribution in [0.4, 0.5) is 5.69 Å². The maximum atomic E-state index is 5.44. The standard InChI is InChI=1S/C14H22N2O2/c1-10-6-13(14(17-3)7-11(10)2)16-8-12-9-18-5-4-15-12/h6-7,12,15-16H,4-5,8-9H2,1-3H3. The highest BCUT2D eigenvalue weighted by Crippen LogP contribution is 2.27. The van der Waals surface area contributed by atoms with Gasteiger partial charge in [0.1, 0.15) is 5.75 Å². The summed E-state index contributed by atoms with van der Waals surface area (Å²) >= 11 is 0. The van der Waals surface area contributed by atoms with E-state index in [9.17, 15) is 0 Å². The van der Waals surface area contributed by atoms with Crippen molar-refractivity contribution in [1.82, 2.24) is 5.32 Å². The van der Waals surface area contributed by atoms with Gasteiger partial charge >= 0.3 is 0 Å². The molecule has 18 heavy (non-hydrogen) atoms. The molecule has 0 aromatic heterocycles. The van der Waals surface area contributed by atoms with Crippen LogP contribution in [0.15, 0.2) is 12.1 Å². The van der Waals surface area contributed by atoms with Crippen molar-refractivity contribution in [2.75, 3.05) is 38.7 Å². The van der Waals surface area contributed by atoms with Crippen LogP contribution in [-0.2, 0) is 4.74 Å². The molecule has 100 valence electrons. The molecule has 1 saturated heterocycles. The van der Waals surface area contributed by atoms with Crippen molar-refractivity contribution in [2.24, 2.45) is 0 Å². The van der Waals surface area contributed by atoms with Gasteiger partial charge < -0.3 is 20.1 Å². The van der Waals surface area contributed by atoms with Crippen molar-refractivity contribution in [2.45, 2.75) is 19.9 Å². The Hall–Kier alpha value is -1.26. The van der Waals surface area contributed by atoms with Crippen LogP contribution in [0.1, 0.15) is 11.1 Å². The molecule has 0 bridgehead atoms. The van der Waals surface area contributed by atoms with E-state index in [0.717, 1.165) is 37.7 Å². The van der Waals surface area contributed by atoms with Gasteiger partial charge in [0.25, 0.3) is 0 Å². The van der Waals surface area contributed by atoms with Gasteiger partial charge in [0.05, 0.1) is 26.0 Å². The zero-order valence-corrected chi connectivity index (χ0v) is 11.4. The Balaban J connectivity index is 2.01. The Kier molecular flexibility index (Phi) is 4.44. The lowest BCUT2D eigenvalue weighted by Gasteiger charge is -2.25. The van der Waals surface area contributed by atoms with Gasteiger partial charge in [-0.25, -0.2) is 0 Å². The summed E-state index contributed by atoms with van der Waals surface area (Å²) < 4.78 is 10.8. The Labute approximate surface area is 109 Å². The second-order valence-electron chi connectivity index (χ2n) is 4.74. The molecule has 1 unspecified atom stereocenters. The van der Waals surface area contributed by atoms with Gasteiger partial charge in [0.2, 0.25) is 0 Å². The summed E-state index contributed by atoms with van der Waals surface area (Å²) in [7, 11) is 1.71. The van der Waals surface area contributed by atoms with Gasteiger partial charge in [0, 0.05) is 19.1 Å². The number of hydrogen-bond acceptors (Lipinski definition) is 4. The quantitative estimate of drug-likeness (QED) is 0.854. The highest BCUT2D eigenvalue weighted by molar-refractivity contribution is 5.60. The summed E-state index contributed by atoms with van der Waals surface area (Å²) in [6.07, 6.45) is 0. The zero-order valence-electron chi connectivity index (χ0n) is 11.4. The van der Waals surface area contributed by atoms with Crippen molar-refractivity contribution >= 4 is 5.69 Å². The molecule has 4 nitrogen and oxygen atoms in total. The van der Waals surface area contributed by atoms with Crippen molar-refractivity contribution in [3.05, 3.63) is 23.3 Å². The first kappa shape index (κ1) is 13.2. The fraction of sp³-hybridized carbons (Fsp3) is 0.571. The molecule has 0 amide bonds. The molecule has 1 aliphatic heterocycles. The van der Waals surface area contributed by atoms with Crippen LogP contribution in [0.5, 0.6) is 5.75 Å². The largest absolute Gasteiger partial charge is 0.495 e. The molecule has 2 rings (SSSR count). The van der Waals surface area contributed by atoms with Crippen molar-refractivity contribution in [3.8, 4) is 5.75 Å². The van der Waals surface area contributed by atoms with Gasteiger partial charge in [-0.2, -0.15) is 0 Å². The predicted molar refractivity (Wildman–Crippen MR) is 73.6 cm³/mol. The number of rotatable bonds is 4. The Morgan fingerprint density at radius 2 is 2.17 bits per heavy atom. The fourth-order valence-electron chi connectivity index (χ4n) is 2.08. The second-order valence-corrected chi connectivity index (χ2v) is 4.74. The van der Waals surface area contributed by atoms with E-state index in [0.29, 0.717) is 6.04 Å². The van der Waals surface area contributed by atoms with Crippen LogP contribution in [0, 0.1) is 13.8 Å². The van der Waals surface area contributed by atoms with Crippen LogP contribution in [-0.4, -0.2) is 39.5 Å². The molecular weight excluding hydrogens is 228 g/mol. The molecule has 2 N–H and O–H groups in total. The summed E-state index contributed by atoms with van der Waals surface area (Å²) in [6.45, 7) is 7.55. The fourth-order valence-corrected chi connectivity index (χ4v) is 2.08. The molecule has 4 heteroatoms. The average Bonchev–Trinajstić information content (AvgIpc) is 2.41. The zero-order chi connectivity index (χ0) is 13.0. The van der Waals surface area contributed by atoms with Gasteiger partial charge in [-0.1, -0.05) is 0 Å². The monoisotopic (exact) mass is 250 g/mol. The molecule has 1 heterocycles. The average molecular weight is 250 g/mol. The normalized spacial score (nSPS) is 19.6. The molecule has 1 aliphatic rings. The van der Waals surface area contributed by atoms with Crippen molar-refractivity contribution < 1.29 is 9.47 Å². The highest BCUT2D eigenvalue weighted by Gasteiger charge is 2.13. The number of methoxy groups -OCH3 is 1. The topological polar surface area (TPSA) is 42.5 Å². The van der Waals surface area contributed by atoms with E-state index in [-0.39, 0.29) is 0 Å². The minimum Gasteiger partial charge on any atom is -0.495 e. The van der Waals surface area contributed by atoms with E-state index in [1.165, 1.54) is 11.1 Å². The van der Waals surface area contributed by atoms with Gasteiger partial charge in [-0.05, 0) is 37.1 Å². The van der Waals surface area contributed by atoms with Gasteiger partial charge in [0.15, 0.2) is 0 Å². The first-order valence-electron chi connectivity index (χ1n) is 6.41. The number of ether oxygens (including phenoxy) is 2. The second kappa shape index (κ2) is 6.07. The van der Waals surface area contributed by atoms with E-state index < -0.39 is 0 Å². The number of morpholine rings is 1. The van der Waals surface area contributed by atoms with Gasteiger partial charge in [-0.3, -0.25) is 0 Å². The number of benzene rings is 1. The summed E-state index contributed by atoms with van der Waals surface area (Å²) in [5.74, 6) is 0.898. The first-order chi connectivity index (χ1) is 8.70. The summed E-state index contributed by atoms with van der Waals surface area (Å²) in [5.41, 5.74) is 3.57. The SMILES string of the molecule is COc1cc(C)c(C)cc1NCC1COCCN1. The van der Waals surface area contributed by atoms with Crippen molar-refractivity contribution in [3.63, 3.8) is 0 Å². The summed E-state index contributed by atoms with van der Waals surface area (Å²) in [5, 5.41) is 6.86. The molecule has 1 fully saturated rings. The highest BCUT2D eigenvalue weighted by atomic mass is 16.5. The van der Waals surface area contributed by atoms with E-state index in [4.69, 9.17) is 9.47 Å². The third kappa shape index (κ3) is 3.15.